The fraction of sp³-hybridized carbons (Fsp3) is 0.300. The van der Waals surface area contributed by atoms with Crippen LogP contribution in [0.25, 0.3) is 0 Å². The van der Waals surface area contributed by atoms with Gasteiger partial charge < -0.3 is 5.11 Å². The van der Waals surface area contributed by atoms with Gasteiger partial charge >= 0.3 is 5.97 Å². The Bertz CT molecular complexity index is 329. The number of hydrogen-bond acceptors (Lipinski definition) is 3. The maximum atomic E-state index is 10.7. The maximum absolute atomic E-state index is 10.7. The Kier molecular flexibility index (Phi) is 4.94. The molecule has 0 amide bonds. The molecule has 0 heterocycles. The van der Waals surface area contributed by atoms with E-state index in [2.05, 4.69) is 4.72 Å². The van der Waals surface area contributed by atoms with Crippen molar-refractivity contribution in [2.45, 2.75) is 24.3 Å². The molecule has 0 spiro atoms. The summed E-state index contributed by atoms with van der Waals surface area (Å²) >= 11 is 7.03. The van der Waals surface area contributed by atoms with Gasteiger partial charge in [-0.2, -0.15) is 0 Å². The molecule has 5 heteroatoms. The summed E-state index contributed by atoms with van der Waals surface area (Å²) in [5.74, 6) is -0.834. The third-order valence-electron chi connectivity index (χ3n) is 1.84. The molecule has 0 aliphatic rings. The van der Waals surface area contributed by atoms with Crippen molar-refractivity contribution in [3.8, 4) is 0 Å². The molecular formula is C10H12ClNO2S. The molecule has 1 aromatic carbocycles. The largest absolute Gasteiger partial charge is 0.480 e. The van der Waals surface area contributed by atoms with Crippen LogP contribution in [0, 0.1) is 0 Å². The molecule has 0 saturated heterocycles. The van der Waals surface area contributed by atoms with Gasteiger partial charge in [-0.25, -0.2) is 4.72 Å². The second-order valence-corrected chi connectivity index (χ2v) is 4.32. The quantitative estimate of drug-likeness (QED) is 0.784. The number of hydrogen-bond donors (Lipinski definition) is 2. The number of nitrogens with one attached hydrogen (secondary N) is 1. The SMILES string of the molecule is CCC(NSc1ccc(Cl)cc1)C(=O)O. The predicted octanol–water partition coefficient (Wildman–Crippen LogP) is 2.80. The van der Waals surface area contributed by atoms with E-state index < -0.39 is 12.0 Å². The van der Waals surface area contributed by atoms with E-state index in [1.165, 1.54) is 11.9 Å². The normalized spacial score (nSPS) is 12.4. The van der Waals surface area contributed by atoms with E-state index in [0.29, 0.717) is 11.4 Å². The van der Waals surface area contributed by atoms with Gasteiger partial charge in [0.05, 0.1) is 0 Å². The average Bonchev–Trinajstić information content (AvgIpc) is 2.21. The van der Waals surface area contributed by atoms with E-state index >= 15 is 0 Å². The van der Waals surface area contributed by atoms with Crippen LogP contribution in [-0.2, 0) is 4.79 Å². The average molecular weight is 246 g/mol. The van der Waals surface area contributed by atoms with Gasteiger partial charge in [0, 0.05) is 9.92 Å². The minimum atomic E-state index is -0.834. The van der Waals surface area contributed by atoms with Crippen LogP contribution in [0.1, 0.15) is 13.3 Å². The molecule has 0 aromatic heterocycles. The van der Waals surface area contributed by atoms with Crippen molar-refractivity contribution in [2.24, 2.45) is 0 Å². The smallest absolute Gasteiger partial charge is 0.321 e. The molecule has 1 aromatic rings. The number of halogens is 1. The highest BCUT2D eigenvalue weighted by atomic mass is 35.5. The van der Waals surface area contributed by atoms with Gasteiger partial charge in [-0.15, -0.1) is 0 Å². The van der Waals surface area contributed by atoms with E-state index in [-0.39, 0.29) is 0 Å². The zero-order valence-corrected chi connectivity index (χ0v) is 9.81. The highest BCUT2D eigenvalue weighted by Crippen LogP contribution is 2.18. The lowest BCUT2D eigenvalue weighted by molar-refractivity contribution is -0.138. The monoisotopic (exact) mass is 245 g/mol. The van der Waals surface area contributed by atoms with E-state index in [1.807, 2.05) is 19.1 Å². The third-order valence-corrected chi connectivity index (χ3v) is 3.00. The minimum Gasteiger partial charge on any atom is -0.480 e. The zero-order valence-electron chi connectivity index (χ0n) is 8.24. The Hall–Kier alpha value is -0.710. The van der Waals surface area contributed by atoms with Gasteiger partial charge in [0.25, 0.3) is 0 Å². The van der Waals surface area contributed by atoms with Crippen molar-refractivity contribution in [3.63, 3.8) is 0 Å². The zero-order chi connectivity index (χ0) is 11.3. The van der Waals surface area contributed by atoms with E-state index in [1.54, 1.807) is 12.1 Å². The molecule has 0 radical (unpaired) electrons. The van der Waals surface area contributed by atoms with Crippen molar-refractivity contribution < 1.29 is 9.90 Å². The lowest BCUT2D eigenvalue weighted by atomic mass is 10.2. The van der Waals surface area contributed by atoms with Crippen molar-refractivity contribution in [3.05, 3.63) is 29.3 Å². The topological polar surface area (TPSA) is 49.3 Å². The van der Waals surface area contributed by atoms with Crippen LogP contribution in [-0.4, -0.2) is 17.1 Å². The Balaban J connectivity index is 2.49. The molecule has 2 N–H and O–H groups in total. The van der Waals surface area contributed by atoms with Crippen LogP contribution in [0.15, 0.2) is 29.2 Å². The number of aliphatic carboxylic acids is 1. The number of rotatable bonds is 5. The van der Waals surface area contributed by atoms with Gasteiger partial charge in [0.15, 0.2) is 0 Å². The molecule has 3 nitrogen and oxygen atoms in total. The molecule has 0 aliphatic carbocycles. The van der Waals surface area contributed by atoms with Gasteiger partial charge in [-0.05, 0) is 42.6 Å². The highest BCUT2D eigenvalue weighted by molar-refractivity contribution is 7.97. The molecule has 1 rings (SSSR count). The molecule has 1 unspecified atom stereocenters. The summed E-state index contributed by atoms with van der Waals surface area (Å²) < 4.78 is 2.88. The summed E-state index contributed by atoms with van der Waals surface area (Å²) in [4.78, 5) is 11.7. The minimum absolute atomic E-state index is 0.523. The molecule has 0 bridgehead atoms. The van der Waals surface area contributed by atoms with E-state index in [0.717, 1.165) is 4.90 Å². The van der Waals surface area contributed by atoms with Crippen LogP contribution in [0.2, 0.25) is 5.02 Å². The second-order valence-electron chi connectivity index (χ2n) is 2.97. The number of carboxylic acid groups (broad SMARTS) is 1. The van der Waals surface area contributed by atoms with E-state index in [9.17, 15) is 4.79 Å². The summed E-state index contributed by atoms with van der Waals surface area (Å²) in [6, 6.07) is 6.70. The molecule has 1 atom stereocenters. The summed E-state index contributed by atoms with van der Waals surface area (Å²) in [5, 5.41) is 9.47. The lowest BCUT2D eigenvalue weighted by Crippen LogP contribution is -2.31. The van der Waals surface area contributed by atoms with Crippen molar-refractivity contribution in [2.75, 3.05) is 0 Å². The predicted molar refractivity (Wildman–Crippen MR) is 62.2 cm³/mol. The Morgan fingerprint density at radius 2 is 2.13 bits per heavy atom. The van der Waals surface area contributed by atoms with Crippen LogP contribution < -0.4 is 4.72 Å². The number of carboxylic acids is 1. The fourth-order valence-electron chi connectivity index (χ4n) is 0.950. The summed E-state index contributed by atoms with van der Waals surface area (Å²) in [6.45, 7) is 1.83. The Labute approximate surface area is 98.0 Å². The van der Waals surface area contributed by atoms with Crippen molar-refractivity contribution in [1.29, 1.82) is 0 Å². The van der Waals surface area contributed by atoms with Gasteiger partial charge in [0.2, 0.25) is 0 Å². The lowest BCUT2D eigenvalue weighted by Gasteiger charge is -2.10. The first-order chi connectivity index (χ1) is 7.13. The van der Waals surface area contributed by atoms with Crippen molar-refractivity contribution >= 4 is 29.5 Å². The molecule has 15 heavy (non-hydrogen) atoms. The Morgan fingerprint density at radius 1 is 1.53 bits per heavy atom. The molecular weight excluding hydrogens is 234 g/mol. The standard InChI is InChI=1S/C10H12ClNO2S/c1-2-9(10(13)14)12-15-8-5-3-7(11)4-6-8/h3-6,9,12H,2H2,1H3,(H,13,14). The summed E-state index contributed by atoms with van der Waals surface area (Å²) in [5.41, 5.74) is 0. The first kappa shape index (κ1) is 12.4. The molecule has 0 saturated carbocycles. The van der Waals surface area contributed by atoms with Crippen molar-refractivity contribution in [1.82, 2.24) is 4.72 Å². The summed E-state index contributed by atoms with van der Waals surface area (Å²) in [6.07, 6.45) is 0.552. The van der Waals surface area contributed by atoms with Crippen LogP contribution in [0.5, 0.6) is 0 Å². The first-order valence-corrected chi connectivity index (χ1v) is 5.73. The molecule has 0 aliphatic heterocycles. The molecule has 0 fully saturated rings. The van der Waals surface area contributed by atoms with Crippen LogP contribution in [0.3, 0.4) is 0 Å². The van der Waals surface area contributed by atoms with Gasteiger partial charge in [-0.3, -0.25) is 4.79 Å². The third kappa shape index (κ3) is 4.11. The number of benzene rings is 1. The number of carbonyl (C=O) groups is 1. The molecule has 82 valence electrons. The Morgan fingerprint density at radius 3 is 2.60 bits per heavy atom. The maximum Gasteiger partial charge on any atom is 0.321 e. The van der Waals surface area contributed by atoms with Crippen LogP contribution >= 0.6 is 23.5 Å². The second kappa shape index (κ2) is 6.00. The van der Waals surface area contributed by atoms with Crippen LogP contribution in [0.4, 0.5) is 0 Å². The highest BCUT2D eigenvalue weighted by Gasteiger charge is 2.13. The fourth-order valence-corrected chi connectivity index (χ4v) is 1.89. The van der Waals surface area contributed by atoms with Gasteiger partial charge in [-0.1, -0.05) is 18.5 Å². The summed E-state index contributed by atoms with van der Waals surface area (Å²) in [7, 11) is 0. The van der Waals surface area contributed by atoms with E-state index in [4.69, 9.17) is 16.7 Å². The first-order valence-electron chi connectivity index (χ1n) is 4.54. The van der Waals surface area contributed by atoms with Gasteiger partial charge in [0.1, 0.15) is 6.04 Å².